The molecule has 23 heavy (non-hydrogen) atoms. The van der Waals surface area contributed by atoms with E-state index in [1.54, 1.807) is 24.3 Å². The average molecular weight is 341 g/mol. The first-order chi connectivity index (χ1) is 11.0. The zero-order valence-electron chi connectivity index (χ0n) is 12.7. The highest BCUT2D eigenvalue weighted by Gasteiger charge is 2.14. The van der Waals surface area contributed by atoms with E-state index >= 15 is 0 Å². The van der Waals surface area contributed by atoms with Gasteiger partial charge in [-0.15, -0.1) is 0 Å². The molecule has 0 aromatic heterocycles. The summed E-state index contributed by atoms with van der Waals surface area (Å²) in [6.07, 6.45) is 0.626. The fourth-order valence-electron chi connectivity index (χ4n) is 2.05. The highest BCUT2D eigenvalue weighted by atomic mass is 28.3. The van der Waals surface area contributed by atoms with Crippen LogP contribution in [0.1, 0.15) is 5.56 Å². The quantitative estimate of drug-likeness (QED) is 0.569. The molecule has 7 heteroatoms. The Kier molecular flexibility index (Phi) is 6.34. The van der Waals surface area contributed by atoms with Crippen LogP contribution in [0.15, 0.2) is 36.4 Å². The van der Waals surface area contributed by atoms with Crippen molar-refractivity contribution in [1.29, 1.82) is 0 Å². The van der Waals surface area contributed by atoms with E-state index in [9.17, 15) is 13.2 Å². The molecule has 0 saturated heterocycles. The molecule has 0 spiro atoms. The van der Waals surface area contributed by atoms with Gasteiger partial charge in [0, 0.05) is 32.5 Å². The summed E-state index contributed by atoms with van der Waals surface area (Å²) in [5.41, 5.74) is 1.46. The van der Waals surface area contributed by atoms with E-state index in [2.05, 4.69) is 0 Å². The van der Waals surface area contributed by atoms with Gasteiger partial charge in [-0.1, -0.05) is 24.3 Å². The molecular formula is C16H16F3O3Si. The first-order valence-corrected chi connectivity index (χ1v) is 8.09. The van der Waals surface area contributed by atoms with E-state index in [-0.39, 0.29) is 5.56 Å². The summed E-state index contributed by atoms with van der Waals surface area (Å²) in [6, 6.07) is 8.28. The monoisotopic (exact) mass is 341 g/mol. The Bertz CT molecular complexity index is 646. The Morgan fingerprint density at radius 2 is 1.48 bits per heavy atom. The van der Waals surface area contributed by atoms with Crippen LogP contribution in [0.25, 0.3) is 11.1 Å². The van der Waals surface area contributed by atoms with Crippen molar-refractivity contribution in [1.82, 2.24) is 0 Å². The minimum absolute atomic E-state index is 0.0240. The number of hydrogen-bond acceptors (Lipinski definition) is 3. The summed E-state index contributed by atoms with van der Waals surface area (Å²) in [4.78, 5) is 0. The lowest BCUT2D eigenvalue weighted by Crippen LogP contribution is -2.24. The number of rotatable bonds is 7. The maximum atomic E-state index is 13.7. The Labute approximate surface area is 134 Å². The third kappa shape index (κ3) is 4.65. The van der Waals surface area contributed by atoms with Crippen LogP contribution in [0.3, 0.4) is 0 Å². The lowest BCUT2D eigenvalue weighted by Gasteiger charge is -2.10. The van der Waals surface area contributed by atoms with Gasteiger partial charge in [0.05, 0.1) is 0 Å². The number of hydrogen-bond donors (Lipinski definition) is 0. The molecule has 0 bridgehead atoms. The lowest BCUT2D eigenvalue weighted by atomic mass is 10.0. The zero-order valence-corrected chi connectivity index (χ0v) is 13.7. The summed E-state index contributed by atoms with van der Waals surface area (Å²) in [5.74, 6) is -3.07. The average Bonchev–Trinajstić information content (AvgIpc) is 2.56. The van der Waals surface area contributed by atoms with Gasteiger partial charge < -0.3 is 13.3 Å². The third-order valence-electron chi connectivity index (χ3n) is 3.22. The molecule has 0 N–H and O–H groups in total. The van der Waals surface area contributed by atoms with Crippen LogP contribution in [0.5, 0.6) is 0 Å². The summed E-state index contributed by atoms with van der Waals surface area (Å²) in [7, 11) is 1.35. The SMILES string of the molecule is CO[Si](OC)OCCc1ccc(-c2cc(F)c(F)cc2F)cc1. The van der Waals surface area contributed by atoms with Gasteiger partial charge in [-0.3, -0.25) is 0 Å². The fourth-order valence-corrected chi connectivity index (χ4v) is 2.72. The molecule has 0 aliphatic heterocycles. The predicted molar refractivity (Wildman–Crippen MR) is 81.2 cm³/mol. The molecule has 0 saturated carbocycles. The zero-order chi connectivity index (χ0) is 16.8. The van der Waals surface area contributed by atoms with Crippen molar-refractivity contribution in [3.05, 3.63) is 59.4 Å². The first-order valence-electron chi connectivity index (χ1n) is 6.86. The molecule has 0 aliphatic carbocycles. The maximum Gasteiger partial charge on any atom is 0.577 e. The van der Waals surface area contributed by atoms with Crippen LogP contribution >= 0.6 is 0 Å². The minimum Gasteiger partial charge on any atom is -0.375 e. The summed E-state index contributed by atoms with van der Waals surface area (Å²) in [5, 5.41) is 0. The maximum absolute atomic E-state index is 13.7. The second-order valence-electron chi connectivity index (χ2n) is 4.70. The molecule has 123 valence electrons. The Morgan fingerprint density at radius 1 is 0.870 bits per heavy atom. The summed E-state index contributed by atoms with van der Waals surface area (Å²) < 4.78 is 55.4. The molecule has 0 unspecified atom stereocenters. The van der Waals surface area contributed by atoms with Gasteiger partial charge in [-0.25, -0.2) is 13.2 Å². The molecule has 2 aromatic carbocycles. The van der Waals surface area contributed by atoms with E-state index in [1.165, 1.54) is 14.2 Å². The fraction of sp³-hybridized carbons (Fsp3) is 0.250. The Hall–Kier alpha value is -1.67. The third-order valence-corrected chi connectivity index (χ3v) is 4.33. The van der Waals surface area contributed by atoms with E-state index < -0.39 is 27.0 Å². The molecule has 3 nitrogen and oxygen atoms in total. The summed E-state index contributed by atoms with van der Waals surface area (Å²) >= 11 is 0. The van der Waals surface area contributed by atoms with Gasteiger partial charge >= 0.3 is 9.53 Å². The predicted octanol–water partition coefficient (Wildman–Crippen LogP) is 3.61. The van der Waals surface area contributed by atoms with E-state index in [4.69, 9.17) is 13.3 Å². The van der Waals surface area contributed by atoms with Gasteiger partial charge in [0.1, 0.15) is 5.82 Å². The van der Waals surface area contributed by atoms with Crippen molar-refractivity contribution in [3.8, 4) is 11.1 Å². The van der Waals surface area contributed by atoms with Crippen LogP contribution in [0.4, 0.5) is 13.2 Å². The first kappa shape index (κ1) is 17.7. The topological polar surface area (TPSA) is 27.7 Å². The van der Waals surface area contributed by atoms with E-state index in [0.717, 1.165) is 11.6 Å². The van der Waals surface area contributed by atoms with Crippen LogP contribution in [0.2, 0.25) is 0 Å². The van der Waals surface area contributed by atoms with Crippen molar-refractivity contribution < 1.29 is 26.4 Å². The lowest BCUT2D eigenvalue weighted by molar-refractivity contribution is 0.137. The summed E-state index contributed by atoms with van der Waals surface area (Å²) in [6.45, 7) is 0.425. The van der Waals surface area contributed by atoms with Crippen molar-refractivity contribution in [2.24, 2.45) is 0 Å². The Balaban J connectivity index is 2.04. The normalized spacial score (nSPS) is 11.2. The second-order valence-corrected chi connectivity index (χ2v) is 6.30. The molecule has 0 aliphatic rings. The molecule has 2 rings (SSSR count). The number of halogens is 3. The van der Waals surface area contributed by atoms with Gasteiger partial charge in [-0.05, 0) is 23.6 Å². The van der Waals surface area contributed by atoms with Gasteiger partial charge in [0.15, 0.2) is 11.6 Å². The minimum atomic E-state index is -1.68. The molecule has 2 aromatic rings. The van der Waals surface area contributed by atoms with Crippen molar-refractivity contribution >= 4 is 9.53 Å². The van der Waals surface area contributed by atoms with Gasteiger partial charge in [0.2, 0.25) is 0 Å². The standard InChI is InChI=1S/C16H16F3O3Si/c1-20-23(21-2)22-8-7-11-3-5-12(6-4-11)13-9-15(18)16(19)10-14(13)17/h3-6,9-10H,7-8H2,1-2H3. The molecular weight excluding hydrogens is 325 g/mol. The number of benzene rings is 2. The van der Waals surface area contributed by atoms with E-state index in [0.29, 0.717) is 24.7 Å². The molecule has 0 heterocycles. The largest absolute Gasteiger partial charge is 0.577 e. The molecule has 0 amide bonds. The van der Waals surface area contributed by atoms with Gasteiger partial charge in [-0.2, -0.15) is 0 Å². The van der Waals surface area contributed by atoms with Crippen molar-refractivity contribution in [2.45, 2.75) is 6.42 Å². The van der Waals surface area contributed by atoms with Crippen LogP contribution in [-0.4, -0.2) is 30.4 Å². The molecule has 1 radical (unpaired) electrons. The molecule has 0 atom stereocenters. The van der Waals surface area contributed by atoms with Crippen LogP contribution in [0, 0.1) is 17.5 Å². The Morgan fingerprint density at radius 3 is 2.09 bits per heavy atom. The molecule has 0 fully saturated rings. The van der Waals surface area contributed by atoms with E-state index in [1.807, 2.05) is 0 Å². The van der Waals surface area contributed by atoms with Crippen molar-refractivity contribution in [3.63, 3.8) is 0 Å². The van der Waals surface area contributed by atoms with Gasteiger partial charge in [0.25, 0.3) is 0 Å². The highest BCUT2D eigenvalue weighted by Crippen LogP contribution is 2.25. The highest BCUT2D eigenvalue weighted by molar-refractivity contribution is 6.36. The van der Waals surface area contributed by atoms with Crippen LogP contribution < -0.4 is 0 Å². The second kappa shape index (κ2) is 8.26. The van der Waals surface area contributed by atoms with Crippen molar-refractivity contribution in [2.75, 3.05) is 20.8 Å². The van der Waals surface area contributed by atoms with Crippen LogP contribution in [-0.2, 0) is 19.7 Å². The smallest absolute Gasteiger partial charge is 0.375 e.